The lowest BCUT2D eigenvalue weighted by atomic mass is 9.89. The summed E-state index contributed by atoms with van der Waals surface area (Å²) in [6.45, 7) is 0. The molecule has 2 heteroatoms. The predicted molar refractivity (Wildman–Crippen MR) is 35.2 cm³/mol. The summed E-state index contributed by atoms with van der Waals surface area (Å²) >= 11 is 0. The van der Waals surface area contributed by atoms with Crippen LogP contribution >= 0.6 is 0 Å². The van der Waals surface area contributed by atoms with Crippen LogP contribution in [0.25, 0.3) is 0 Å². The molecule has 3 rings (SSSR count). The lowest BCUT2D eigenvalue weighted by molar-refractivity contribution is -0.101. The van der Waals surface area contributed by atoms with Crippen LogP contribution in [0.1, 0.15) is 19.3 Å². The van der Waals surface area contributed by atoms with Crippen LogP contribution in [0.3, 0.4) is 0 Å². The van der Waals surface area contributed by atoms with E-state index in [1.165, 1.54) is 19.3 Å². The molecule has 0 aromatic heterocycles. The van der Waals surface area contributed by atoms with Crippen molar-refractivity contribution in [2.75, 3.05) is 0 Å². The molecule has 0 aromatic carbocycles. The molecule has 0 radical (unpaired) electrons. The third-order valence-electron chi connectivity index (χ3n) is 3.48. The third kappa shape index (κ3) is 0.487. The van der Waals surface area contributed by atoms with Gasteiger partial charge in [0.05, 0.1) is 6.10 Å². The van der Waals surface area contributed by atoms with Gasteiger partial charge in [0.2, 0.25) is 0 Å². The molecule has 2 nitrogen and oxygen atoms in total. The molecule has 1 saturated heterocycles. The second-order valence-corrected chi connectivity index (χ2v) is 3.97. The van der Waals surface area contributed by atoms with Gasteiger partial charge in [0.15, 0.2) is 6.29 Å². The molecule has 3 fully saturated rings. The Hall–Kier alpha value is -0.0800. The van der Waals surface area contributed by atoms with Gasteiger partial charge in [-0.1, -0.05) is 0 Å². The van der Waals surface area contributed by atoms with E-state index in [1.807, 2.05) is 0 Å². The fraction of sp³-hybridized carbons (Fsp3) is 1.00. The van der Waals surface area contributed by atoms with Gasteiger partial charge < -0.3 is 9.84 Å². The maximum atomic E-state index is 9.37. The molecule has 0 spiro atoms. The molecule has 0 amide bonds. The van der Waals surface area contributed by atoms with Crippen LogP contribution in [0.2, 0.25) is 0 Å². The lowest BCUT2D eigenvalue weighted by Gasteiger charge is -2.14. The first-order chi connectivity index (χ1) is 4.84. The Morgan fingerprint density at radius 2 is 1.90 bits per heavy atom. The van der Waals surface area contributed by atoms with Gasteiger partial charge in [-0.3, -0.25) is 0 Å². The van der Waals surface area contributed by atoms with E-state index in [0.717, 1.165) is 11.8 Å². The van der Waals surface area contributed by atoms with Crippen LogP contribution < -0.4 is 0 Å². The maximum Gasteiger partial charge on any atom is 0.158 e. The predicted octanol–water partition coefficient (Wildman–Crippen LogP) is 0.750. The van der Waals surface area contributed by atoms with E-state index >= 15 is 0 Å². The first-order valence-electron chi connectivity index (χ1n) is 4.18. The maximum absolute atomic E-state index is 9.37. The Labute approximate surface area is 60.2 Å². The minimum atomic E-state index is -0.414. The first kappa shape index (κ1) is 5.56. The smallest absolute Gasteiger partial charge is 0.158 e. The van der Waals surface area contributed by atoms with Gasteiger partial charge in [0.1, 0.15) is 0 Å². The highest BCUT2D eigenvalue weighted by Crippen LogP contribution is 2.55. The van der Waals surface area contributed by atoms with Crippen LogP contribution in [0.15, 0.2) is 0 Å². The van der Waals surface area contributed by atoms with E-state index in [1.54, 1.807) is 0 Å². The Kier molecular flexibility index (Phi) is 0.868. The molecule has 3 aliphatic rings. The minimum absolute atomic E-state index is 0.414. The van der Waals surface area contributed by atoms with Crippen molar-refractivity contribution < 1.29 is 9.84 Å². The molecule has 0 aromatic rings. The number of fused-ring (bicyclic) bond motifs is 1. The zero-order valence-corrected chi connectivity index (χ0v) is 5.86. The van der Waals surface area contributed by atoms with E-state index in [2.05, 4.69) is 0 Å². The van der Waals surface area contributed by atoms with Crippen molar-refractivity contribution in [1.82, 2.24) is 0 Å². The number of hydrogen-bond acceptors (Lipinski definition) is 2. The summed E-state index contributed by atoms with van der Waals surface area (Å²) in [5.41, 5.74) is 0. The zero-order chi connectivity index (χ0) is 6.72. The molecule has 1 aliphatic heterocycles. The van der Waals surface area contributed by atoms with Crippen molar-refractivity contribution >= 4 is 0 Å². The van der Waals surface area contributed by atoms with Crippen molar-refractivity contribution in [3.8, 4) is 0 Å². The molecular formula is C8H12O2. The number of rotatable bonds is 0. The molecular weight excluding hydrogens is 128 g/mol. The SMILES string of the molecule is O[C@@H]1O[C@@H]2C[C@@H]3C[C@@H]1[C@H]2C3. The van der Waals surface area contributed by atoms with Crippen LogP contribution in [0.5, 0.6) is 0 Å². The van der Waals surface area contributed by atoms with Gasteiger partial charge in [-0.25, -0.2) is 0 Å². The van der Waals surface area contributed by atoms with Crippen LogP contribution in [-0.4, -0.2) is 17.5 Å². The largest absolute Gasteiger partial charge is 0.368 e. The second kappa shape index (κ2) is 1.56. The Morgan fingerprint density at radius 1 is 1.10 bits per heavy atom. The van der Waals surface area contributed by atoms with Crippen LogP contribution in [-0.2, 0) is 4.74 Å². The van der Waals surface area contributed by atoms with E-state index in [-0.39, 0.29) is 0 Å². The lowest BCUT2D eigenvalue weighted by Crippen LogP contribution is -2.17. The monoisotopic (exact) mass is 140 g/mol. The molecule has 2 saturated carbocycles. The summed E-state index contributed by atoms with van der Waals surface area (Å²) in [7, 11) is 0. The summed E-state index contributed by atoms with van der Waals surface area (Å²) in [5.74, 6) is 2.11. The molecule has 1 N–H and O–H groups in total. The van der Waals surface area contributed by atoms with E-state index in [0.29, 0.717) is 12.0 Å². The minimum Gasteiger partial charge on any atom is -0.368 e. The van der Waals surface area contributed by atoms with E-state index in [4.69, 9.17) is 4.74 Å². The molecule has 10 heavy (non-hydrogen) atoms. The summed E-state index contributed by atoms with van der Waals surface area (Å²) in [4.78, 5) is 0. The van der Waals surface area contributed by atoms with Gasteiger partial charge in [0.25, 0.3) is 0 Å². The third-order valence-corrected chi connectivity index (χ3v) is 3.48. The summed E-state index contributed by atoms with van der Waals surface area (Å²) in [5, 5.41) is 9.37. The highest BCUT2D eigenvalue weighted by Gasteiger charge is 2.55. The summed E-state index contributed by atoms with van der Waals surface area (Å²) in [6, 6.07) is 0. The van der Waals surface area contributed by atoms with Crippen molar-refractivity contribution in [2.24, 2.45) is 17.8 Å². The normalized spacial score (nSPS) is 63.9. The molecule has 2 bridgehead atoms. The second-order valence-electron chi connectivity index (χ2n) is 3.97. The molecule has 56 valence electrons. The number of hydrogen-bond donors (Lipinski definition) is 1. The van der Waals surface area contributed by atoms with Crippen molar-refractivity contribution in [2.45, 2.75) is 31.7 Å². The van der Waals surface area contributed by atoms with E-state index < -0.39 is 6.29 Å². The van der Waals surface area contributed by atoms with Crippen molar-refractivity contribution in [3.05, 3.63) is 0 Å². The first-order valence-corrected chi connectivity index (χ1v) is 4.18. The average molecular weight is 140 g/mol. The van der Waals surface area contributed by atoms with Crippen molar-refractivity contribution in [3.63, 3.8) is 0 Å². The average Bonchev–Trinajstić information content (AvgIpc) is 2.44. The van der Waals surface area contributed by atoms with Gasteiger partial charge in [-0.2, -0.15) is 0 Å². The topological polar surface area (TPSA) is 29.5 Å². The molecule has 1 heterocycles. The molecule has 5 atom stereocenters. The fourth-order valence-corrected chi connectivity index (χ4v) is 3.10. The number of ether oxygens (including phenoxy) is 1. The Morgan fingerprint density at radius 3 is 2.50 bits per heavy atom. The van der Waals surface area contributed by atoms with Gasteiger partial charge in [-0.05, 0) is 31.1 Å². The number of aliphatic hydroxyl groups is 1. The standard InChI is InChI=1S/C8H12O2/c9-8-6-2-4-1-5(6)7(3-4)10-8/h4-9H,1-3H2/t4-,5+,6+,7+,8+/m0/s1. The highest BCUT2D eigenvalue weighted by molar-refractivity contribution is 5.01. The van der Waals surface area contributed by atoms with Crippen molar-refractivity contribution in [1.29, 1.82) is 0 Å². The van der Waals surface area contributed by atoms with Crippen LogP contribution in [0, 0.1) is 17.8 Å². The summed E-state index contributed by atoms with van der Waals surface area (Å²) in [6.07, 6.45) is 3.79. The number of aliphatic hydroxyl groups excluding tert-OH is 1. The zero-order valence-electron chi connectivity index (χ0n) is 5.86. The van der Waals surface area contributed by atoms with Gasteiger partial charge in [0, 0.05) is 5.92 Å². The van der Waals surface area contributed by atoms with Gasteiger partial charge >= 0.3 is 0 Å². The van der Waals surface area contributed by atoms with Crippen LogP contribution in [0.4, 0.5) is 0 Å². The quantitative estimate of drug-likeness (QED) is 0.538. The molecule has 2 aliphatic carbocycles. The Balaban J connectivity index is 1.98. The highest BCUT2D eigenvalue weighted by atomic mass is 16.6. The fourth-order valence-electron chi connectivity index (χ4n) is 3.10. The van der Waals surface area contributed by atoms with Gasteiger partial charge in [-0.15, -0.1) is 0 Å². The molecule has 0 unspecified atom stereocenters. The van der Waals surface area contributed by atoms with E-state index in [9.17, 15) is 5.11 Å². The summed E-state index contributed by atoms with van der Waals surface area (Å²) < 4.78 is 5.39. The Bertz CT molecular complexity index is 167.